The van der Waals surface area contributed by atoms with Crippen LogP contribution in [0.1, 0.15) is 62.4 Å². The fourth-order valence-electron chi connectivity index (χ4n) is 3.05. The van der Waals surface area contributed by atoms with Crippen molar-refractivity contribution in [3.8, 4) is 0 Å². The Balaban J connectivity index is 1.99. The largest absolute Gasteiger partial charge is 0.382 e. The second-order valence-corrected chi connectivity index (χ2v) is 6.53. The fraction of sp³-hybridized carbons (Fsp3) is 0.632. The Morgan fingerprint density at radius 2 is 1.91 bits per heavy atom. The molecule has 2 rings (SSSR count). The summed E-state index contributed by atoms with van der Waals surface area (Å²) in [6.07, 6.45) is 5.72. The van der Waals surface area contributed by atoms with Crippen LogP contribution in [0.3, 0.4) is 0 Å². The summed E-state index contributed by atoms with van der Waals surface area (Å²) in [7, 11) is 0. The van der Waals surface area contributed by atoms with Crippen LogP contribution in [0.5, 0.6) is 0 Å². The third-order valence-corrected chi connectivity index (χ3v) is 4.38. The van der Waals surface area contributed by atoms with E-state index in [9.17, 15) is 4.79 Å². The van der Waals surface area contributed by atoms with E-state index in [1.165, 1.54) is 36.9 Å². The maximum absolute atomic E-state index is 12.6. The van der Waals surface area contributed by atoms with Crippen molar-refractivity contribution in [3.63, 3.8) is 0 Å². The van der Waals surface area contributed by atoms with Crippen molar-refractivity contribution in [2.75, 3.05) is 25.0 Å². The number of benzene rings is 1. The number of hydrogen-bond donors (Lipinski definition) is 1. The van der Waals surface area contributed by atoms with Gasteiger partial charge in [-0.05, 0) is 63.0 Å². The van der Waals surface area contributed by atoms with Gasteiger partial charge < -0.3 is 5.32 Å². The minimum absolute atomic E-state index is 0.259. The molecule has 1 aromatic carbocycles. The van der Waals surface area contributed by atoms with Crippen LogP contribution < -0.4 is 5.32 Å². The number of Topliss-reactive ketones (excluding diaryl/α,β-unsaturated/α-hetero) is 1. The zero-order valence-electron chi connectivity index (χ0n) is 14.3. The van der Waals surface area contributed by atoms with E-state index >= 15 is 0 Å². The molecule has 122 valence electrons. The van der Waals surface area contributed by atoms with Crippen molar-refractivity contribution in [1.29, 1.82) is 0 Å². The smallest absolute Gasteiger partial charge is 0.176 e. The van der Waals surface area contributed by atoms with Gasteiger partial charge in [-0.3, -0.25) is 9.69 Å². The highest BCUT2D eigenvalue weighted by Crippen LogP contribution is 2.26. The lowest BCUT2D eigenvalue weighted by molar-refractivity contribution is 0.0928. The first kappa shape index (κ1) is 17.0. The predicted molar refractivity (Wildman–Crippen MR) is 93.8 cm³/mol. The van der Waals surface area contributed by atoms with Crippen molar-refractivity contribution >= 4 is 11.5 Å². The van der Waals surface area contributed by atoms with Gasteiger partial charge in [0.15, 0.2) is 5.78 Å². The maximum atomic E-state index is 12.6. The molecule has 1 heterocycles. The molecule has 1 unspecified atom stereocenters. The molecule has 0 bridgehead atoms. The van der Waals surface area contributed by atoms with Crippen LogP contribution in [0.25, 0.3) is 0 Å². The second kappa shape index (κ2) is 8.33. The molecule has 1 aromatic rings. The van der Waals surface area contributed by atoms with Crippen LogP contribution in [-0.2, 0) is 6.42 Å². The maximum Gasteiger partial charge on any atom is 0.176 e. The van der Waals surface area contributed by atoms with Gasteiger partial charge in [-0.25, -0.2) is 0 Å². The molecular formula is C19H30N2O. The number of unbranched alkanes of at least 4 members (excludes halogenated alkanes) is 2. The lowest BCUT2D eigenvalue weighted by atomic mass is 10.0. The normalized spacial score (nSPS) is 16.6. The minimum atomic E-state index is 0.259. The van der Waals surface area contributed by atoms with E-state index in [1.807, 2.05) is 6.07 Å². The van der Waals surface area contributed by atoms with Crippen LogP contribution in [0.15, 0.2) is 18.2 Å². The Hall–Kier alpha value is -1.35. The van der Waals surface area contributed by atoms with Crippen LogP contribution >= 0.6 is 0 Å². The van der Waals surface area contributed by atoms with E-state index in [1.54, 1.807) is 0 Å². The summed E-state index contributed by atoms with van der Waals surface area (Å²) in [5.41, 5.74) is 3.34. The molecule has 0 fully saturated rings. The van der Waals surface area contributed by atoms with Crippen molar-refractivity contribution in [2.24, 2.45) is 0 Å². The number of carbonyl (C=O) groups excluding carboxylic acids is 1. The Morgan fingerprint density at radius 3 is 2.55 bits per heavy atom. The van der Waals surface area contributed by atoms with Gasteiger partial charge in [0.2, 0.25) is 0 Å². The highest BCUT2D eigenvalue weighted by Gasteiger charge is 2.19. The summed E-state index contributed by atoms with van der Waals surface area (Å²) in [6.45, 7) is 9.21. The molecule has 1 N–H and O–H groups in total. The zero-order valence-corrected chi connectivity index (χ0v) is 14.3. The predicted octanol–water partition coefficient (Wildman–Crippen LogP) is 4.13. The molecule has 0 radical (unpaired) electrons. The average molecular weight is 302 g/mol. The van der Waals surface area contributed by atoms with Gasteiger partial charge in [0.25, 0.3) is 0 Å². The lowest BCUT2D eigenvalue weighted by Gasteiger charge is -2.21. The Labute approximate surface area is 135 Å². The van der Waals surface area contributed by atoms with E-state index in [2.05, 4.69) is 43.1 Å². The van der Waals surface area contributed by atoms with Gasteiger partial charge in [-0.1, -0.05) is 26.7 Å². The van der Waals surface area contributed by atoms with Crippen molar-refractivity contribution < 1.29 is 4.79 Å². The van der Waals surface area contributed by atoms with Crippen LogP contribution in [0.2, 0.25) is 0 Å². The minimum Gasteiger partial charge on any atom is -0.382 e. The number of nitrogens with zero attached hydrogens (tertiary/aromatic N) is 1. The molecule has 3 heteroatoms. The summed E-state index contributed by atoms with van der Waals surface area (Å²) < 4.78 is 0. The molecule has 3 nitrogen and oxygen atoms in total. The van der Waals surface area contributed by atoms with Crippen LogP contribution in [0, 0.1) is 0 Å². The first-order chi connectivity index (χ1) is 10.6. The highest BCUT2D eigenvalue weighted by molar-refractivity contribution is 5.98. The van der Waals surface area contributed by atoms with Gasteiger partial charge in [0.1, 0.15) is 0 Å². The highest BCUT2D eigenvalue weighted by atomic mass is 16.1. The van der Waals surface area contributed by atoms with E-state index in [0.29, 0.717) is 12.6 Å². The third-order valence-electron chi connectivity index (χ3n) is 4.38. The Bertz CT molecular complexity index is 490. The zero-order chi connectivity index (χ0) is 15.9. The number of hydrogen-bond acceptors (Lipinski definition) is 3. The Kier molecular flexibility index (Phi) is 6.44. The number of carbonyl (C=O) groups is 1. The molecule has 0 aliphatic carbocycles. The number of ketones is 1. The second-order valence-electron chi connectivity index (χ2n) is 6.53. The monoisotopic (exact) mass is 302 g/mol. The van der Waals surface area contributed by atoms with Gasteiger partial charge in [0, 0.05) is 17.3 Å². The summed E-state index contributed by atoms with van der Waals surface area (Å²) in [5, 5.41) is 3.44. The van der Waals surface area contributed by atoms with E-state index in [0.717, 1.165) is 25.1 Å². The molecule has 0 saturated carbocycles. The SMILES string of the molecule is CCCCN(CCCC)CC(=O)c1ccc2c(c1)CC(C)N2. The van der Waals surface area contributed by atoms with Crippen molar-refractivity contribution in [2.45, 2.75) is 58.9 Å². The first-order valence-electron chi connectivity index (χ1n) is 8.79. The van der Waals surface area contributed by atoms with E-state index < -0.39 is 0 Å². The molecule has 0 amide bonds. The van der Waals surface area contributed by atoms with Crippen molar-refractivity contribution in [3.05, 3.63) is 29.3 Å². The third kappa shape index (κ3) is 4.57. The molecular weight excluding hydrogens is 272 g/mol. The number of anilines is 1. The van der Waals surface area contributed by atoms with Gasteiger partial charge in [0.05, 0.1) is 6.54 Å². The van der Waals surface area contributed by atoms with E-state index in [-0.39, 0.29) is 5.78 Å². The van der Waals surface area contributed by atoms with Crippen LogP contribution in [0.4, 0.5) is 5.69 Å². The van der Waals surface area contributed by atoms with Crippen LogP contribution in [-0.4, -0.2) is 36.4 Å². The molecule has 0 saturated heterocycles. The van der Waals surface area contributed by atoms with Gasteiger partial charge >= 0.3 is 0 Å². The average Bonchev–Trinajstić information content (AvgIpc) is 2.88. The number of nitrogens with one attached hydrogen (secondary N) is 1. The quantitative estimate of drug-likeness (QED) is 0.696. The molecule has 1 aliphatic heterocycles. The van der Waals surface area contributed by atoms with Gasteiger partial charge in [-0.15, -0.1) is 0 Å². The number of rotatable bonds is 9. The first-order valence-corrected chi connectivity index (χ1v) is 8.79. The Morgan fingerprint density at radius 1 is 1.23 bits per heavy atom. The molecule has 0 aromatic heterocycles. The topological polar surface area (TPSA) is 32.3 Å². The summed E-state index contributed by atoms with van der Waals surface area (Å²) in [5.74, 6) is 0.259. The molecule has 1 aliphatic rings. The van der Waals surface area contributed by atoms with Crippen molar-refractivity contribution in [1.82, 2.24) is 4.90 Å². The molecule has 0 spiro atoms. The van der Waals surface area contributed by atoms with E-state index in [4.69, 9.17) is 0 Å². The lowest BCUT2D eigenvalue weighted by Crippen LogP contribution is -2.31. The fourth-order valence-corrected chi connectivity index (χ4v) is 3.05. The molecule has 22 heavy (non-hydrogen) atoms. The van der Waals surface area contributed by atoms with Gasteiger partial charge in [-0.2, -0.15) is 0 Å². The summed E-state index contributed by atoms with van der Waals surface area (Å²) >= 11 is 0. The summed E-state index contributed by atoms with van der Waals surface area (Å²) in [4.78, 5) is 14.9. The number of fused-ring (bicyclic) bond motifs is 1. The standard InChI is InChI=1S/C19H30N2O/c1-4-6-10-21(11-7-5-2)14-19(22)16-8-9-18-17(13-16)12-15(3)20-18/h8-9,13,15,20H,4-7,10-12,14H2,1-3H3. The summed E-state index contributed by atoms with van der Waals surface area (Å²) in [6, 6.07) is 6.61. The molecule has 1 atom stereocenters.